The summed E-state index contributed by atoms with van der Waals surface area (Å²) in [6.45, 7) is 8.88. The number of methoxy groups -OCH3 is 4. The molecule has 2 saturated heterocycles. The van der Waals surface area contributed by atoms with Gasteiger partial charge in [-0.25, -0.2) is 9.59 Å². The number of aromatic nitrogens is 1. The van der Waals surface area contributed by atoms with Crippen LogP contribution in [0, 0.1) is 11.3 Å². The van der Waals surface area contributed by atoms with E-state index < -0.39 is 63.9 Å². The van der Waals surface area contributed by atoms with Crippen LogP contribution in [0.15, 0.2) is 60.2 Å². The van der Waals surface area contributed by atoms with Gasteiger partial charge in [-0.05, 0) is 68.3 Å². The van der Waals surface area contributed by atoms with Gasteiger partial charge in [0.1, 0.15) is 30.3 Å². The zero-order valence-electron chi connectivity index (χ0n) is 41.1. The Morgan fingerprint density at radius 2 is 1.71 bits per heavy atom. The van der Waals surface area contributed by atoms with Gasteiger partial charge in [-0.15, -0.1) is 0 Å². The molecule has 7 heterocycles. The first-order valence-electron chi connectivity index (χ1n) is 24.5. The fourth-order valence-electron chi connectivity index (χ4n) is 15.3. The van der Waals surface area contributed by atoms with Gasteiger partial charge in [-0.1, -0.05) is 50.3 Å². The highest BCUT2D eigenvalue weighted by Crippen LogP contribution is 2.68. The van der Waals surface area contributed by atoms with Crippen molar-refractivity contribution in [3.05, 3.63) is 82.6 Å². The maximum atomic E-state index is 15.6. The van der Waals surface area contributed by atoms with Crippen molar-refractivity contribution in [1.29, 1.82) is 0 Å². The van der Waals surface area contributed by atoms with Gasteiger partial charge in [0.25, 0.3) is 5.91 Å². The Kier molecular flexibility index (Phi) is 11.4. The predicted octanol–water partition coefficient (Wildman–Crippen LogP) is 4.43. The Labute approximate surface area is 403 Å². The van der Waals surface area contributed by atoms with Crippen LogP contribution >= 0.6 is 0 Å². The number of likely N-dealkylation sites (tertiary alicyclic amines) is 1. The molecule has 1 aromatic heterocycles. The minimum Gasteiger partial charge on any atom is -0.496 e. The summed E-state index contributed by atoms with van der Waals surface area (Å²) >= 11 is 0. The standard InChI is InChI=1S/C53H66N5O11/c1-9-32-23-33-26-52(48(62)67-7,43-35(34-15-11-12-16-38(34)54-43)29-58(27-32,28-33)30-42(60)57-21-13-17-39(57)44(61)66-6)37-24-36-40(25-41(37)65-5)55(4)46-51(36)19-22-56-20-14-18-50(10-2,45(51)56)47(69-31(3)59)53(46,64)49(63)68-8/h11-12,14-16,18,23-25,33,39,45-47,54,64H,9-10,13,17,19-22,26-30H2,1-8H3/q+1/t33-,39-,45-,46+,47+,50+,51+,52-,53-,58+/m0/s1. The lowest BCUT2D eigenvalue weighted by Gasteiger charge is -2.63. The molecule has 1 amide bonds. The van der Waals surface area contributed by atoms with E-state index in [1.54, 1.807) is 12.0 Å². The Bertz CT molecular complexity index is 2710. The van der Waals surface area contributed by atoms with Crippen molar-refractivity contribution in [2.75, 3.05) is 79.7 Å². The Morgan fingerprint density at radius 3 is 2.41 bits per heavy atom. The van der Waals surface area contributed by atoms with Crippen LogP contribution in [0.3, 0.4) is 0 Å². The minimum atomic E-state index is -2.34. The minimum absolute atomic E-state index is 0.0971. The van der Waals surface area contributed by atoms with Crippen molar-refractivity contribution in [3.63, 3.8) is 0 Å². The molecule has 0 radical (unpaired) electrons. The summed E-state index contributed by atoms with van der Waals surface area (Å²) in [6, 6.07) is 10.1. The molecule has 1 saturated carbocycles. The Balaban J connectivity index is 1.22. The fraction of sp³-hybridized carbons (Fsp3) is 0.566. The fourth-order valence-corrected chi connectivity index (χ4v) is 15.3. The van der Waals surface area contributed by atoms with Crippen molar-refractivity contribution in [2.45, 2.75) is 107 Å². The molecule has 16 nitrogen and oxygen atoms in total. The van der Waals surface area contributed by atoms with Gasteiger partial charge in [-0.2, -0.15) is 0 Å². The molecular formula is C53H66N5O11+. The number of nitrogens with zero attached hydrogens (tertiary/aromatic N) is 4. The molecule has 6 aliphatic heterocycles. The first kappa shape index (κ1) is 47.0. The third kappa shape index (κ3) is 6.39. The molecule has 7 aliphatic rings. The molecule has 16 heteroatoms. The number of fused-ring (bicyclic) bond motifs is 6. The van der Waals surface area contributed by atoms with Gasteiger partial charge in [0, 0.05) is 89.3 Å². The summed E-state index contributed by atoms with van der Waals surface area (Å²) in [5.74, 6) is -2.32. The van der Waals surface area contributed by atoms with E-state index in [2.05, 4.69) is 35.0 Å². The molecule has 2 aromatic carbocycles. The molecule has 0 unspecified atom stereocenters. The summed E-state index contributed by atoms with van der Waals surface area (Å²) in [4.78, 5) is 80.7. The summed E-state index contributed by atoms with van der Waals surface area (Å²) in [7, 11) is 7.46. The molecule has 3 fully saturated rings. The number of aliphatic hydroxyl groups is 1. The number of benzene rings is 2. The largest absolute Gasteiger partial charge is 0.496 e. The highest BCUT2D eigenvalue weighted by atomic mass is 16.6. The molecule has 368 valence electrons. The van der Waals surface area contributed by atoms with Crippen molar-refractivity contribution in [1.82, 2.24) is 14.8 Å². The van der Waals surface area contributed by atoms with E-state index >= 15 is 4.79 Å². The van der Waals surface area contributed by atoms with Crippen molar-refractivity contribution < 1.29 is 57.2 Å². The van der Waals surface area contributed by atoms with Gasteiger partial charge < -0.3 is 48.1 Å². The van der Waals surface area contributed by atoms with Crippen LogP contribution in [0.2, 0.25) is 0 Å². The third-order valence-corrected chi connectivity index (χ3v) is 17.6. The zero-order valence-corrected chi connectivity index (χ0v) is 41.1. The topological polar surface area (TPSA) is 177 Å². The molecule has 69 heavy (non-hydrogen) atoms. The average molecular weight is 949 g/mol. The molecular weight excluding hydrogens is 883 g/mol. The quantitative estimate of drug-likeness (QED) is 0.127. The van der Waals surface area contributed by atoms with E-state index in [-0.39, 0.29) is 30.8 Å². The van der Waals surface area contributed by atoms with E-state index in [4.69, 9.17) is 23.7 Å². The maximum absolute atomic E-state index is 15.6. The van der Waals surface area contributed by atoms with Crippen molar-refractivity contribution in [3.8, 4) is 5.75 Å². The predicted molar refractivity (Wildman–Crippen MR) is 254 cm³/mol. The van der Waals surface area contributed by atoms with Crippen LogP contribution in [-0.4, -0.2) is 159 Å². The summed E-state index contributed by atoms with van der Waals surface area (Å²) in [5, 5.41) is 14.4. The van der Waals surface area contributed by atoms with Crippen molar-refractivity contribution >= 4 is 46.4 Å². The van der Waals surface area contributed by atoms with Crippen molar-refractivity contribution in [2.24, 2.45) is 11.3 Å². The highest BCUT2D eigenvalue weighted by molar-refractivity contribution is 5.95. The second kappa shape index (κ2) is 16.7. The van der Waals surface area contributed by atoms with Gasteiger partial charge in [0.05, 0.1) is 41.0 Å². The van der Waals surface area contributed by atoms with Gasteiger partial charge in [0.15, 0.2) is 12.6 Å². The second-order valence-corrected chi connectivity index (χ2v) is 20.8. The van der Waals surface area contributed by atoms with E-state index in [9.17, 15) is 24.3 Å². The number of esters is 4. The lowest BCUT2D eigenvalue weighted by molar-refractivity contribution is -0.934. The highest BCUT2D eigenvalue weighted by Gasteiger charge is 2.80. The molecule has 2 N–H and O–H groups in total. The molecule has 1 spiro atoms. The van der Waals surface area contributed by atoms with E-state index in [0.29, 0.717) is 92.1 Å². The number of anilines is 1. The molecule has 10 atom stereocenters. The first-order valence-corrected chi connectivity index (χ1v) is 24.5. The van der Waals surface area contributed by atoms with Gasteiger partial charge in [0.2, 0.25) is 5.60 Å². The average Bonchev–Trinajstić information content (AvgIpc) is 4.14. The number of hydrogen-bond donors (Lipinski definition) is 2. The summed E-state index contributed by atoms with van der Waals surface area (Å²) in [6.07, 6.45) is 8.31. The number of nitrogens with one attached hydrogen (secondary N) is 1. The van der Waals surface area contributed by atoms with Crippen LogP contribution in [-0.2, 0) is 60.3 Å². The number of quaternary nitrogens is 1. The summed E-state index contributed by atoms with van der Waals surface area (Å²) in [5.41, 5.74) is -0.178. The number of para-hydroxylation sites is 1. The van der Waals surface area contributed by atoms with E-state index in [0.717, 1.165) is 28.5 Å². The SMILES string of the molecule is CCC1=C[C@H]2C[C@](C(=O)OC)(c3cc4c(cc3OC)N(C)[C@H]3[C@@](O)(C(=O)OC)[C@H](OC(C)=O)[C@]5(CC)C=CCN6CC[C@]43[C@@H]65)c3[nH]c4ccccc4c3C[N@@+](CC(=O)N3CCC[C@H]3C(=O)OC)(C1)C2. The number of amides is 1. The smallest absolute Gasteiger partial charge is 0.344 e. The number of ether oxygens (including phenoxy) is 5. The molecule has 3 aromatic rings. The number of rotatable bonds is 10. The maximum Gasteiger partial charge on any atom is 0.344 e. The molecule has 2 bridgehead atoms. The number of hydrogen-bond acceptors (Lipinski definition) is 13. The van der Waals surface area contributed by atoms with Crippen LogP contribution in [0.4, 0.5) is 5.69 Å². The summed E-state index contributed by atoms with van der Waals surface area (Å²) < 4.78 is 29.7. The number of carbonyl (C=O) groups excluding carboxylic acids is 5. The first-order chi connectivity index (χ1) is 33.1. The van der Waals surface area contributed by atoms with Crippen LogP contribution in [0.1, 0.15) is 81.7 Å². The monoisotopic (exact) mass is 948 g/mol. The Morgan fingerprint density at radius 1 is 0.942 bits per heavy atom. The number of likely N-dealkylation sites (N-methyl/N-ethyl adjacent to an activating group) is 1. The zero-order chi connectivity index (χ0) is 49.0. The third-order valence-electron chi connectivity index (χ3n) is 17.6. The number of aromatic amines is 1. The second-order valence-electron chi connectivity index (χ2n) is 20.8. The Hall–Kier alpha value is -5.71. The lowest BCUT2D eigenvalue weighted by atomic mass is 9.47. The number of H-pyrrole nitrogens is 1. The lowest BCUT2D eigenvalue weighted by Crippen LogP contribution is -2.81. The van der Waals surface area contributed by atoms with E-state index in [1.165, 1.54) is 33.8 Å². The van der Waals surface area contributed by atoms with Gasteiger partial charge in [-0.3, -0.25) is 19.3 Å². The van der Waals surface area contributed by atoms with E-state index in [1.807, 2.05) is 55.3 Å². The van der Waals surface area contributed by atoms with Crippen LogP contribution < -0.4 is 9.64 Å². The van der Waals surface area contributed by atoms with Crippen LogP contribution in [0.5, 0.6) is 5.75 Å². The van der Waals surface area contributed by atoms with Gasteiger partial charge >= 0.3 is 23.9 Å². The van der Waals surface area contributed by atoms with Crippen LogP contribution in [0.25, 0.3) is 10.9 Å². The number of carbonyl (C=O) groups is 5. The normalized spacial score (nSPS) is 34.1. The molecule has 1 aliphatic carbocycles. The molecule has 10 rings (SSSR count).